The zero-order valence-corrected chi connectivity index (χ0v) is 14.6. The van der Waals surface area contributed by atoms with Crippen LogP contribution in [-0.2, 0) is 10.0 Å². The van der Waals surface area contributed by atoms with Crippen LogP contribution in [0.15, 0.2) is 14.1 Å². The van der Waals surface area contributed by atoms with Crippen LogP contribution in [0.3, 0.4) is 0 Å². The second-order valence-electron chi connectivity index (χ2n) is 4.82. The molecule has 2 rings (SSSR count). The second kappa shape index (κ2) is 6.41. The van der Waals surface area contributed by atoms with Gasteiger partial charge in [0.05, 0.1) is 3.79 Å². The van der Waals surface area contributed by atoms with Gasteiger partial charge in [-0.2, -0.15) is 0 Å². The van der Waals surface area contributed by atoms with E-state index in [9.17, 15) is 8.42 Å². The molecular formula is C11H18BrClN2O2S2. The molecule has 0 atom stereocenters. The van der Waals surface area contributed by atoms with Crippen LogP contribution in [0.1, 0.15) is 31.2 Å². The molecule has 0 aliphatic heterocycles. The van der Waals surface area contributed by atoms with Gasteiger partial charge in [-0.15, -0.1) is 23.7 Å². The van der Waals surface area contributed by atoms with Gasteiger partial charge in [0, 0.05) is 12.1 Å². The van der Waals surface area contributed by atoms with Crippen molar-refractivity contribution >= 4 is 49.7 Å². The van der Waals surface area contributed by atoms with Gasteiger partial charge in [-0.1, -0.05) is 12.8 Å². The van der Waals surface area contributed by atoms with E-state index in [1.807, 2.05) is 6.92 Å². The van der Waals surface area contributed by atoms with E-state index in [0.717, 1.165) is 35.0 Å². The van der Waals surface area contributed by atoms with Gasteiger partial charge in [-0.25, -0.2) is 13.1 Å². The van der Waals surface area contributed by atoms with Crippen molar-refractivity contribution in [3.63, 3.8) is 0 Å². The van der Waals surface area contributed by atoms with E-state index >= 15 is 0 Å². The molecule has 0 unspecified atom stereocenters. The topological polar surface area (TPSA) is 72.2 Å². The molecule has 110 valence electrons. The van der Waals surface area contributed by atoms with E-state index in [0.29, 0.717) is 10.8 Å². The summed E-state index contributed by atoms with van der Waals surface area (Å²) in [6, 6.07) is 1.69. The van der Waals surface area contributed by atoms with E-state index in [2.05, 4.69) is 20.7 Å². The van der Waals surface area contributed by atoms with Crippen LogP contribution < -0.4 is 10.5 Å². The van der Waals surface area contributed by atoms with Crippen LogP contribution in [0.2, 0.25) is 0 Å². The summed E-state index contributed by atoms with van der Waals surface area (Å²) in [6.45, 7) is 2.24. The third-order valence-corrected chi connectivity index (χ3v) is 7.59. The molecule has 1 aromatic heterocycles. The van der Waals surface area contributed by atoms with Gasteiger partial charge in [0.2, 0.25) is 0 Å². The summed E-state index contributed by atoms with van der Waals surface area (Å²) in [5.74, 6) is 0. The quantitative estimate of drug-likeness (QED) is 0.831. The van der Waals surface area contributed by atoms with Gasteiger partial charge in [-0.05, 0) is 47.3 Å². The molecule has 0 bridgehead atoms. The van der Waals surface area contributed by atoms with E-state index in [1.54, 1.807) is 6.07 Å². The van der Waals surface area contributed by atoms with Crippen LogP contribution in [0.4, 0.5) is 0 Å². The molecule has 0 radical (unpaired) electrons. The lowest BCUT2D eigenvalue weighted by atomic mass is 10.0. The number of nitrogens with two attached hydrogens (primary N) is 1. The average molecular weight is 390 g/mol. The van der Waals surface area contributed by atoms with Gasteiger partial charge in [0.25, 0.3) is 10.0 Å². The summed E-state index contributed by atoms with van der Waals surface area (Å²) in [4.78, 5) is 0. The molecule has 19 heavy (non-hydrogen) atoms. The summed E-state index contributed by atoms with van der Waals surface area (Å²) >= 11 is 4.59. The lowest BCUT2D eigenvalue weighted by Crippen LogP contribution is -2.51. The number of halogens is 2. The molecule has 1 fully saturated rings. The van der Waals surface area contributed by atoms with E-state index in [-0.39, 0.29) is 12.4 Å². The summed E-state index contributed by atoms with van der Waals surface area (Å²) in [7, 11) is -3.46. The second-order valence-corrected chi connectivity index (χ2v) is 9.10. The molecule has 8 heteroatoms. The normalized spacial score (nSPS) is 18.3. The number of sulfonamides is 1. The number of nitrogens with one attached hydrogen (secondary N) is 1. The Kier molecular flexibility index (Phi) is 5.86. The smallest absolute Gasteiger partial charge is 0.250 e. The van der Waals surface area contributed by atoms with Crippen molar-refractivity contribution in [3.05, 3.63) is 15.4 Å². The van der Waals surface area contributed by atoms with Crippen molar-refractivity contribution < 1.29 is 8.42 Å². The maximum atomic E-state index is 12.3. The Morgan fingerprint density at radius 1 is 1.47 bits per heavy atom. The van der Waals surface area contributed by atoms with Gasteiger partial charge in [0.15, 0.2) is 0 Å². The minimum Gasteiger partial charge on any atom is -0.329 e. The molecule has 1 aromatic rings. The van der Waals surface area contributed by atoms with Crippen LogP contribution in [-0.4, -0.2) is 20.5 Å². The van der Waals surface area contributed by atoms with Crippen LogP contribution in [0.25, 0.3) is 0 Å². The monoisotopic (exact) mass is 388 g/mol. The largest absolute Gasteiger partial charge is 0.329 e. The Morgan fingerprint density at radius 3 is 2.47 bits per heavy atom. The highest BCUT2D eigenvalue weighted by molar-refractivity contribution is 9.11. The van der Waals surface area contributed by atoms with Crippen LogP contribution >= 0.6 is 39.7 Å². The van der Waals surface area contributed by atoms with Gasteiger partial charge in [-0.3, -0.25) is 0 Å². The molecule has 0 aromatic carbocycles. The fourth-order valence-electron chi connectivity index (χ4n) is 2.30. The first-order chi connectivity index (χ1) is 8.38. The highest BCUT2D eigenvalue weighted by Crippen LogP contribution is 2.34. The van der Waals surface area contributed by atoms with Crippen LogP contribution in [0.5, 0.6) is 0 Å². The third-order valence-electron chi connectivity index (χ3n) is 3.40. The fourth-order valence-corrected chi connectivity index (χ4v) is 5.99. The highest BCUT2D eigenvalue weighted by Gasteiger charge is 2.37. The van der Waals surface area contributed by atoms with Crippen LogP contribution in [0, 0.1) is 6.92 Å². The molecular weight excluding hydrogens is 372 g/mol. The number of hydrogen-bond acceptors (Lipinski definition) is 4. The van der Waals surface area contributed by atoms with E-state index in [4.69, 9.17) is 5.73 Å². The zero-order chi connectivity index (χ0) is 13.4. The van der Waals surface area contributed by atoms with Crippen molar-refractivity contribution in [1.29, 1.82) is 0 Å². The van der Waals surface area contributed by atoms with Crippen molar-refractivity contribution in [2.75, 3.05) is 6.54 Å². The van der Waals surface area contributed by atoms with Gasteiger partial charge >= 0.3 is 0 Å². The summed E-state index contributed by atoms with van der Waals surface area (Å²) in [5.41, 5.74) is 6.25. The average Bonchev–Trinajstić information content (AvgIpc) is 2.88. The van der Waals surface area contributed by atoms with Gasteiger partial charge in [0.1, 0.15) is 4.21 Å². The van der Waals surface area contributed by atoms with Crippen molar-refractivity contribution in [2.45, 2.75) is 42.4 Å². The summed E-state index contributed by atoms with van der Waals surface area (Å²) in [6.07, 6.45) is 3.72. The molecule has 0 saturated heterocycles. The highest BCUT2D eigenvalue weighted by atomic mass is 79.9. The lowest BCUT2D eigenvalue weighted by molar-refractivity contribution is 0.400. The Morgan fingerprint density at radius 2 is 2.05 bits per heavy atom. The number of hydrogen-bond donors (Lipinski definition) is 2. The van der Waals surface area contributed by atoms with E-state index in [1.165, 1.54) is 11.3 Å². The molecule has 4 nitrogen and oxygen atoms in total. The molecule has 1 aliphatic carbocycles. The minimum absolute atomic E-state index is 0. The Hall–Kier alpha value is 0.340. The molecule has 0 spiro atoms. The van der Waals surface area contributed by atoms with Crippen molar-refractivity contribution in [3.8, 4) is 0 Å². The first kappa shape index (κ1) is 17.4. The molecule has 1 saturated carbocycles. The molecule has 1 aliphatic rings. The predicted molar refractivity (Wildman–Crippen MR) is 84.6 cm³/mol. The molecule has 3 N–H and O–H groups in total. The van der Waals surface area contributed by atoms with Crippen molar-refractivity contribution in [2.24, 2.45) is 5.73 Å². The Bertz CT molecular complexity index is 519. The third kappa shape index (κ3) is 3.71. The van der Waals surface area contributed by atoms with E-state index < -0.39 is 15.6 Å². The SMILES string of the molecule is Cc1cc(S(=O)(=O)NC2(CN)CCCC2)sc1Br.Cl. The van der Waals surface area contributed by atoms with Crippen molar-refractivity contribution in [1.82, 2.24) is 4.72 Å². The number of thiophene rings is 1. The first-order valence-corrected chi connectivity index (χ1v) is 8.98. The maximum absolute atomic E-state index is 12.3. The number of rotatable bonds is 4. The summed E-state index contributed by atoms with van der Waals surface area (Å²) < 4.78 is 28.7. The molecule has 1 heterocycles. The predicted octanol–water partition coefficient (Wildman–Crippen LogP) is 2.79. The molecule has 0 amide bonds. The lowest BCUT2D eigenvalue weighted by Gasteiger charge is -2.27. The number of aryl methyl sites for hydroxylation is 1. The zero-order valence-electron chi connectivity index (χ0n) is 10.6. The standard InChI is InChI=1S/C11H17BrN2O2S2.ClH/c1-8-6-9(17-10(8)12)18(15,16)14-11(7-13)4-2-3-5-11;/h6,14H,2-5,7,13H2,1H3;1H. The first-order valence-electron chi connectivity index (χ1n) is 5.89. The fraction of sp³-hybridized carbons (Fsp3) is 0.636. The minimum atomic E-state index is -3.46. The Balaban J connectivity index is 0.00000180. The Labute approximate surface area is 132 Å². The maximum Gasteiger partial charge on any atom is 0.250 e. The summed E-state index contributed by atoms with van der Waals surface area (Å²) in [5, 5.41) is 0. The van der Waals surface area contributed by atoms with Gasteiger partial charge < -0.3 is 5.73 Å².